The Morgan fingerprint density at radius 3 is 2.53 bits per heavy atom. The number of aliphatic hydroxyl groups excluding tert-OH is 2. The van der Waals surface area contributed by atoms with Crippen LogP contribution in [-0.2, 0) is 25.6 Å². The molecule has 2 fully saturated rings. The highest BCUT2D eigenvalue weighted by atomic mass is 35.5. The van der Waals surface area contributed by atoms with E-state index in [1.807, 2.05) is 66.9 Å². The molecule has 8 rings (SSSR count). The molecule has 352 valence electrons. The molecule has 2 aliphatic heterocycles. The van der Waals surface area contributed by atoms with Crippen molar-refractivity contribution in [2.75, 3.05) is 45.2 Å². The van der Waals surface area contributed by atoms with Gasteiger partial charge in [-0.25, -0.2) is 4.79 Å². The molecule has 1 saturated heterocycles. The van der Waals surface area contributed by atoms with Crippen LogP contribution < -0.4 is 9.47 Å². The van der Waals surface area contributed by atoms with E-state index < -0.39 is 30.1 Å². The van der Waals surface area contributed by atoms with Crippen LogP contribution in [0.2, 0.25) is 0 Å². The number of rotatable bonds is 21. The number of carbonyl (C=O) groups excluding carboxylic acids is 1. The summed E-state index contributed by atoms with van der Waals surface area (Å²) in [7, 11) is 0. The molecular formula is C53H63ClN2O9S. The highest BCUT2D eigenvalue weighted by molar-refractivity contribution is 7.98. The van der Waals surface area contributed by atoms with Crippen molar-refractivity contribution in [1.29, 1.82) is 0 Å². The summed E-state index contributed by atoms with van der Waals surface area (Å²) in [6.45, 7) is 5.18. The van der Waals surface area contributed by atoms with Gasteiger partial charge in [-0.3, -0.25) is 4.90 Å². The monoisotopic (exact) mass is 938 g/mol. The van der Waals surface area contributed by atoms with E-state index in [0.717, 1.165) is 70.9 Å². The zero-order valence-corrected chi connectivity index (χ0v) is 39.4. The number of halogens is 1. The first-order valence-corrected chi connectivity index (χ1v) is 25.3. The number of thioether (sulfide) groups is 1. The molecule has 0 spiro atoms. The van der Waals surface area contributed by atoms with E-state index in [9.17, 15) is 15.0 Å². The molecule has 7 atom stereocenters. The quantitative estimate of drug-likeness (QED) is 0.0274. The van der Waals surface area contributed by atoms with Crippen molar-refractivity contribution in [2.24, 2.45) is 22.9 Å². The largest absolute Gasteiger partial charge is 0.459 e. The van der Waals surface area contributed by atoms with Gasteiger partial charge in [-0.1, -0.05) is 72.6 Å². The normalized spacial score (nSPS) is 25.0. The minimum absolute atomic E-state index is 0.00880. The first kappa shape index (κ1) is 47.9. The van der Waals surface area contributed by atoms with Crippen LogP contribution in [0.5, 0.6) is 17.2 Å². The fourth-order valence-electron chi connectivity index (χ4n) is 10.5. The van der Waals surface area contributed by atoms with E-state index in [2.05, 4.69) is 36.9 Å². The SMILES string of the molecule is C=CCO[C@@]12Oc3ccc(Oc4ccc(SC)cc4)cc3[C@H]3[C@H](CCCCO)[C@@H](CCCCO)C=C(C(=NOC4CCCCO4)C[C@@H]1N(Cc1cccc4ccccc14)C(=O)OCCCl)[C@H]32. The van der Waals surface area contributed by atoms with Gasteiger partial charge in [0.2, 0.25) is 12.1 Å². The minimum Gasteiger partial charge on any atom is -0.459 e. The molecule has 66 heavy (non-hydrogen) atoms. The average molecular weight is 940 g/mol. The highest BCUT2D eigenvalue weighted by Crippen LogP contribution is 2.62. The van der Waals surface area contributed by atoms with E-state index in [1.165, 1.54) is 0 Å². The molecule has 2 N–H and O–H groups in total. The first-order valence-electron chi connectivity index (χ1n) is 23.5. The van der Waals surface area contributed by atoms with E-state index in [1.54, 1.807) is 22.7 Å². The number of unbranched alkanes of at least 4 members (excludes halogenated alkanes) is 2. The third-order valence-electron chi connectivity index (χ3n) is 13.5. The van der Waals surface area contributed by atoms with Crippen molar-refractivity contribution in [1.82, 2.24) is 4.90 Å². The Kier molecular flexibility index (Phi) is 16.7. The number of fused-ring (bicyclic) bond motifs is 3. The number of alkyl halides is 1. The number of aliphatic hydroxyl groups is 2. The Labute approximate surface area is 398 Å². The predicted molar refractivity (Wildman–Crippen MR) is 259 cm³/mol. The van der Waals surface area contributed by atoms with Gasteiger partial charge in [-0.15, -0.1) is 29.9 Å². The molecule has 11 nitrogen and oxygen atoms in total. The summed E-state index contributed by atoms with van der Waals surface area (Å²) in [5.41, 5.74) is 3.51. The standard InChI is InChI=1S/C53H63ClN2O9S/c1-3-29-62-53-48(56(52(59)61-31-26-54)35-38-16-12-15-36-13-4-5-17-42(36)38)34-46(55-65-49-19-8-11-30-60-49)44-32-37(14-6-9-27-57)43(18-7-10-28-58)50(51(44)53)45-33-40(22-25-47(45)64-53)63-39-20-23-41(66-2)24-21-39/h3-5,12-13,15-17,20-25,32-33,37,43,48-51,57-58H,1,6-11,14,18-19,26-31,34-35H2,2H3/t37-,43+,48-,49?,50+,51+,53+/m0/s1. The third-order valence-corrected chi connectivity index (χ3v) is 14.4. The third kappa shape index (κ3) is 10.6. The van der Waals surface area contributed by atoms with Crippen molar-refractivity contribution < 1.29 is 43.5 Å². The van der Waals surface area contributed by atoms with E-state index in [-0.39, 0.29) is 63.0 Å². The lowest BCUT2D eigenvalue weighted by molar-refractivity contribution is -0.256. The van der Waals surface area contributed by atoms with Crippen LogP contribution in [-0.4, -0.2) is 90.2 Å². The van der Waals surface area contributed by atoms with E-state index in [0.29, 0.717) is 48.8 Å². The second kappa shape index (κ2) is 23.0. The fraction of sp³-hybridized carbons (Fsp3) is 0.472. The lowest BCUT2D eigenvalue weighted by Crippen LogP contribution is -2.70. The molecule has 4 aromatic carbocycles. The molecular weight excluding hydrogens is 876 g/mol. The van der Waals surface area contributed by atoms with Gasteiger partial charge < -0.3 is 38.7 Å². The maximum Gasteiger partial charge on any atom is 0.410 e. The summed E-state index contributed by atoms with van der Waals surface area (Å²) in [4.78, 5) is 24.1. The summed E-state index contributed by atoms with van der Waals surface area (Å²) >= 11 is 7.87. The molecule has 4 aromatic rings. The van der Waals surface area contributed by atoms with Gasteiger partial charge >= 0.3 is 6.09 Å². The number of carbonyl (C=O) groups is 1. The second-order valence-electron chi connectivity index (χ2n) is 17.5. The first-order chi connectivity index (χ1) is 32.4. The van der Waals surface area contributed by atoms with Crippen LogP contribution >= 0.6 is 23.4 Å². The van der Waals surface area contributed by atoms with Crippen LogP contribution in [0.1, 0.15) is 81.3 Å². The van der Waals surface area contributed by atoms with Crippen LogP contribution in [0.15, 0.2) is 119 Å². The Hall–Kier alpha value is -4.56. The Balaban J connectivity index is 1.34. The summed E-state index contributed by atoms with van der Waals surface area (Å²) in [6.07, 6.45) is 12.5. The molecule has 1 amide bonds. The summed E-state index contributed by atoms with van der Waals surface area (Å²) in [5.74, 6) is -0.00916. The number of benzene rings is 4. The zero-order chi connectivity index (χ0) is 45.9. The van der Waals surface area contributed by atoms with Gasteiger partial charge in [0.15, 0.2) is 0 Å². The van der Waals surface area contributed by atoms with Gasteiger partial charge in [-0.2, -0.15) is 0 Å². The van der Waals surface area contributed by atoms with Crippen molar-refractivity contribution in [2.45, 2.75) is 99.7 Å². The highest BCUT2D eigenvalue weighted by Gasteiger charge is 2.66. The molecule has 13 heteroatoms. The minimum atomic E-state index is -1.48. The van der Waals surface area contributed by atoms with Gasteiger partial charge in [-0.05, 0) is 121 Å². The number of oxime groups is 1. The van der Waals surface area contributed by atoms with E-state index in [4.69, 9.17) is 45.3 Å². The van der Waals surface area contributed by atoms with Crippen molar-refractivity contribution in [3.8, 4) is 17.2 Å². The summed E-state index contributed by atoms with van der Waals surface area (Å²) < 4.78 is 33.3. The Morgan fingerprint density at radius 1 is 0.985 bits per heavy atom. The van der Waals surface area contributed by atoms with Crippen LogP contribution in [0.3, 0.4) is 0 Å². The molecule has 4 aliphatic rings. The zero-order valence-electron chi connectivity index (χ0n) is 37.9. The Morgan fingerprint density at radius 2 is 1.77 bits per heavy atom. The lowest BCUT2D eigenvalue weighted by Gasteiger charge is -2.60. The topological polar surface area (TPSA) is 129 Å². The maximum absolute atomic E-state index is 14.9. The van der Waals surface area contributed by atoms with Crippen molar-refractivity contribution >= 4 is 45.9 Å². The van der Waals surface area contributed by atoms with Gasteiger partial charge in [0, 0.05) is 42.4 Å². The lowest BCUT2D eigenvalue weighted by atomic mass is 9.55. The molecule has 1 saturated carbocycles. The number of amides is 1. The number of nitrogens with zero attached hydrogens (tertiary/aromatic N) is 2. The van der Waals surface area contributed by atoms with Crippen LogP contribution in [0.25, 0.3) is 10.8 Å². The fourth-order valence-corrected chi connectivity index (χ4v) is 11.0. The van der Waals surface area contributed by atoms with Crippen LogP contribution in [0.4, 0.5) is 4.79 Å². The second-order valence-corrected chi connectivity index (χ2v) is 18.8. The van der Waals surface area contributed by atoms with Crippen molar-refractivity contribution in [3.05, 3.63) is 120 Å². The van der Waals surface area contributed by atoms with Crippen molar-refractivity contribution in [3.63, 3.8) is 0 Å². The summed E-state index contributed by atoms with van der Waals surface area (Å²) in [5, 5.41) is 27.1. The number of ether oxygens (including phenoxy) is 5. The smallest absolute Gasteiger partial charge is 0.410 e. The number of allylic oxidation sites excluding steroid dienone is 1. The van der Waals surface area contributed by atoms with Gasteiger partial charge in [0.25, 0.3) is 0 Å². The molecule has 2 heterocycles. The van der Waals surface area contributed by atoms with Crippen LogP contribution in [0, 0.1) is 17.8 Å². The molecule has 0 aromatic heterocycles. The number of hydrogen-bond donors (Lipinski definition) is 2. The molecule has 0 radical (unpaired) electrons. The average Bonchev–Trinajstić information content (AvgIpc) is 3.35. The Bertz CT molecular complexity index is 2310. The van der Waals surface area contributed by atoms with Gasteiger partial charge in [0.05, 0.1) is 37.3 Å². The maximum atomic E-state index is 14.9. The summed E-state index contributed by atoms with van der Waals surface area (Å²) in [6, 6.07) is 27.5. The van der Waals surface area contributed by atoms with E-state index >= 15 is 0 Å². The van der Waals surface area contributed by atoms with Gasteiger partial charge in [0.1, 0.15) is 29.9 Å². The molecule has 2 aliphatic carbocycles. The molecule has 0 bridgehead atoms. The number of hydrogen-bond acceptors (Lipinski definition) is 11. The predicted octanol–water partition coefficient (Wildman–Crippen LogP) is 11.4. The molecule has 1 unspecified atom stereocenters.